The molecule has 1 aliphatic rings. The first-order valence-corrected chi connectivity index (χ1v) is 11.4. The van der Waals surface area contributed by atoms with Crippen molar-refractivity contribution in [2.45, 2.75) is 52.1 Å². The van der Waals surface area contributed by atoms with E-state index in [1.165, 1.54) is 5.56 Å². The molecule has 0 amide bonds. The number of anilines is 1. The monoisotopic (exact) mass is 430 g/mol. The Morgan fingerprint density at radius 2 is 1.94 bits per heavy atom. The maximum Gasteiger partial charge on any atom is 0.168 e. The molecule has 4 heterocycles. The molecule has 7 nitrogen and oxygen atoms in total. The van der Waals surface area contributed by atoms with Gasteiger partial charge in [0.2, 0.25) is 0 Å². The van der Waals surface area contributed by atoms with E-state index in [-0.39, 0.29) is 5.92 Å². The lowest BCUT2D eigenvalue weighted by Gasteiger charge is -2.32. The molecule has 0 radical (unpaired) electrons. The molecule has 3 aromatic heterocycles. The normalized spacial score (nSPS) is 15.6. The van der Waals surface area contributed by atoms with Crippen molar-refractivity contribution in [2.24, 2.45) is 0 Å². The molecule has 5 rings (SSSR count). The smallest absolute Gasteiger partial charge is 0.168 e. The number of hydrogen-bond donors (Lipinski definition) is 2. The van der Waals surface area contributed by atoms with E-state index < -0.39 is 0 Å². The number of pyridine rings is 1. The second-order valence-electron chi connectivity index (χ2n) is 9.06. The van der Waals surface area contributed by atoms with E-state index in [1.807, 2.05) is 13.0 Å². The minimum atomic E-state index is 0.258. The van der Waals surface area contributed by atoms with Crippen LogP contribution in [-0.2, 0) is 6.54 Å². The molecule has 0 aliphatic carbocycles. The fraction of sp³-hybridized carbons (Fsp3) is 0.400. The molecule has 0 unspecified atom stereocenters. The molecule has 7 heteroatoms. The highest BCUT2D eigenvalue weighted by molar-refractivity contribution is 5.91. The Morgan fingerprint density at radius 1 is 1.16 bits per heavy atom. The Hall–Kier alpha value is -3.19. The molecule has 1 aliphatic heterocycles. The first kappa shape index (κ1) is 20.7. The lowest BCUT2D eigenvalue weighted by molar-refractivity contribution is 0.211. The third-order valence-electron chi connectivity index (χ3n) is 6.20. The molecule has 2 N–H and O–H groups in total. The van der Waals surface area contributed by atoms with E-state index in [0.717, 1.165) is 72.0 Å². The number of nitrogens with zero attached hydrogens (tertiary/aromatic N) is 4. The summed E-state index contributed by atoms with van der Waals surface area (Å²) in [5.74, 6) is 1.87. The molecule has 166 valence electrons. The highest BCUT2D eigenvalue weighted by Crippen LogP contribution is 2.33. The van der Waals surface area contributed by atoms with Crippen LogP contribution in [0, 0.1) is 6.92 Å². The number of H-pyrrole nitrogens is 1. The summed E-state index contributed by atoms with van der Waals surface area (Å²) in [5, 5.41) is 16.4. The summed E-state index contributed by atoms with van der Waals surface area (Å²) in [7, 11) is 0. The third-order valence-corrected chi connectivity index (χ3v) is 6.20. The van der Waals surface area contributed by atoms with Gasteiger partial charge in [0.1, 0.15) is 0 Å². The van der Waals surface area contributed by atoms with Crippen LogP contribution in [0.5, 0.6) is 0 Å². The zero-order valence-corrected chi connectivity index (χ0v) is 18.9. The Balaban J connectivity index is 1.33. The molecule has 1 saturated heterocycles. The average Bonchev–Trinajstić information content (AvgIpc) is 3.41. The zero-order chi connectivity index (χ0) is 22.1. The van der Waals surface area contributed by atoms with Crippen molar-refractivity contribution in [2.75, 3.05) is 18.4 Å². The predicted octanol–water partition coefficient (Wildman–Crippen LogP) is 5.12. The lowest BCUT2D eigenvalue weighted by Crippen LogP contribution is -2.38. The van der Waals surface area contributed by atoms with E-state index in [1.54, 1.807) is 0 Å². The van der Waals surface area contributed by atoms with Crippen LogP contribution in [0.2, 0.25) is 0 Å². The molecule has 4 aromatic rings. The van der Waals surface area contributed by atoms with Crippen molar-refractivity contribution in [1.82, 2.24) is 25.2 Å². The van der Waals surface area contributed by atoms with Crippen LogP contribution >= 0.6 is 0 Å². The van der Waals surface area contributed by atoms with Crippen molar-refractivity contribution >= 4 is 16.9 Å². The van der Waals surface area contributed by atoms with Gasteiger partial charge in [0.25, 0.3) is 0 Å². The number of benzene rings is 1. The largest absolute Gasteiger partial charge is 0.365 e. The number of hydrogen-bond acceptors (Lipinski definition) is 6. The van der Waals surface area contributed by atoms with Gasteiger partial charge in [-0.15, -0.1) is 0 Å². The van der Waals surface area contributed by atoms with Gasteiger partial charge in [0.15, 0.2) is 17.2 Å². The third kappa shape index (κ3) is 4.25. The number of rotatable bonds is 6. The van der Waals surface area contributed by atoms with Crippen molar-refractivity contribution in [3.8, 4) is 11.3 Å². The molecule has 0 spiro atoms. The van der Waals surface area contributed by atoms with Crippen LogP contribution < -0.4 is 5.32 Å². The molecule has 0 bridgehead atoms. The number of nitrogens with one attached hydrogen (secondary N) is 2. The second-order valence-corrected chi connectivity index (χ2v) is 9.06. The Bertz CT molecular complexity index is 1190. The predicted molar refractivity (Wildman–Crippen MR) is 127 cm³/mol. The number of likely N-dealkylation sites (tertiary alicyclic amines) is 1. The lowest BCUT2D eigenvalue weighted by atomic mass is 10.0. The van der Waals surface area contributed by atoms with E-state index in [4.69, 9.17) is 9.51 Å². The van der Waals surface area contributed by atoms with Gasteiger partial charge in [0.05, 0.1) is 16.8 Å². The first-order chi connectivity index (χ1) is 15.6. The summed E-state index contributed by atoms with van der Waals surface area (Å²) < 4.78 is 5.57. The Labute approximate surface area is 188 Å². The molecule has 1 aromatic carbocycles. The van der Waals surface area contributed by atoms with Crippen molar-refractivity contribution < 1.29 is 4.52 Å². The van der Waals surface area contributed by atoms with Crippen LogP contribution in [-0.4, -0.2) is 44.4 Å². The summed E-state index contributed by atoms with van der Waals surface area (Å²) in [6, 6.07) is 15.2. The van der Waals surface area contributed by atoms with E-state index in [9.17, 15) is 0 Å². The van der Waals surface area contributed by atoms with Gasteiger partial charge in [-0.05, 0) is 37.3 Å². The van der Waals surface area contributed by atoms with Crippen LogP contribution in [0.25, 0.3) is 22.4 Å². The number of fused-ring (bicyclic) bond motifs is 1. The van der Waals surface area contributed by atoms with Gasteiger partial charge in [-0.25, -0.2) is 4.98 Å². The van der Waals surface area contributed by atoms with Gasteiger partial charge < -0.3 is 9.84 Å². The van der Waals surface area contributed by atoms with Crippen LogP contribution in [0.1, 0.15) is 49.6 Å². The topological polar surface area (TPSA) is 82.9 Å². The van der Waals surface area contributed by atoms with Gasteiger partial charge in [-0.2, -0.15) is 5.10 Å². The highest BCUT2D eigenvalue weighted by atomic mass is 16.5. The summed E-state index contributed by atoms with van der Waals surface area (Å²) in [5.41, 5.74) is 5.01. The van der Waals surface area contributed by atoms with E-state index in [2.05, 4.69) is 75.8 Å². The van der Waals surface area contributed by atoms with Crippen molar-refractivity contribution in [3.05, 3.63) is 59.4 Å². The maximum atomic E-state index is 5.57. The minimum absolute atomic E-state index is 0.258. The average molecular weight is 431 g/mol. The SMILES string of the molecule is Cc1cc(-c2cc3c(NC4CCN(Cc5ccccc5)CC4)n[nH]c3nc2C(C)C)on1. The van der Waals surface area contributed by atoms with Crippen LogP contribution in [0.3, 0.4) is 0 Å². The quantitative estimate of drug-likeness (QED) is 0.442. The molecule has 0 atom stereocenters. The summed E-state index contributed by atoms with van der Waals surface area (Å²) in [6.45, 7) is 9.38. The number of aromatic nitrogens is 4. The highest BCUT2D eigenvalue weighted by Gasteiger charge is 2.23. The molecular weight excluding hydrogens is 400 g/mol. The zero-order valence-electron chi connectivity index (χ0n) is 18.9. The van der Waals surface area contributed by atoms with E-state index in [0.29, 0.717) is 6.04 Å². The molecular formula is C25H30N6O. The number of aryl methyl sites for hydroxylation is 1. The summed E-state index contributed by atoms with van der Waals surface area (Å²) >= 11 is 0. The van der Waals surface area contributed by atoms with Crippen molar-refractivity contribution in [1.29, 1.82) is 0 Å². The number of piperidine rings is 1. The minimum Gasteiger partial charge on any atom is -0.365 e. The molecule has 32 heavy (non-hydrogen) atoms. The number of aromatic amines is 1. The maximum absolute atomic E-state index is 5.57. The van der Waals surface area contributed by atoms with Gasteiger partial charge in [0, 0.05) is 37.3 Å². The van der Waals surface area contributed by atoms with Crippen LogP contribution in [0.4, 0.5) is 5.82 Å². The first-order valence-electron chi connectivity index (χ1n) is 11.4. The fourth-order valence-electron chi connectivity index (χ4n) is 4.47. The Morgan fingerprint density at radius 3 is 2.62 bits per heavy atom. The van der Waals surface area contributed by atoms with Gasteiger partial charge >= 0.3 is 0 Å². The molecule has 0 saturated carbocycles. The van der Waals surface area contributed by atoms with Gasteiger partial charge in [-0.3, -0.25) is 10.00 Å². The van der Waals surface area contributed by atoms with E-state index >= 15 is 0 Å². The second kappa shape index (κ2) is 8.74. The van der Waals surface area contributed by atoms with Crippen LogP contribution in [0.15, 0.2) is 47.0 Å². The summed E-state index contributed by atoms with van der Waals surface area (Å²) in [4.78, 5) is 7.40. The van der Waals surface area contributed by atoms with Crippen molar-refractivity contribution in [3.63, 3.8) is 0 Å². The molecule has 1 fully saturated rings. The van der Waals surface area contributed by atoms with Gasteiger partial charge in [-0.1, -0.05) is 49.3 Å². The Kier molecular flexibility index (Phi) is 5.66. The standard InChI is InChI=1S/C25H30N6O/c1-16(2)23-20(22-13-17(3)30-32-22)14-21-24(28-29-25(21)27-23)26-19-9-11-31(12-10-19)15-18-7-5-4-6-8-18/h4-8,13-14,16,19H,9-12,15H2,1-3H3,(H2,26,27,28,29). The summed E-state index contributed by atoms with van der Waals surface area (Å²) in [6.07, 6.45) is 2.18. The fourth-order valence-corrected chi connectivity index (χ4v) is 4.47.